The summed E-state index contributed by atoms with van der Waals surface area (Å²) < 4.78 is 0. The molecule has 0 bridgehead atoms. The van der Waals surface area contributed by atoms with E-state index in [1.807, 2.05) is 0 Å². The standard InChI is InChI=1S/C8H17N3S/c1-2-11-5-3-7(4-6-11)10-8(9)12/h7H,2-6H2,1H3,(H3,9,10,12). The van der Waals surface area contributed by atoms with Crippen LogP contribution in [0.25, 0.3) is 0 Å². The summed E-state index contributed by atoms with van der Waals surface area (Å²) in [4.78, 5) is 2.44. The largest absolute Gasteiger partial charge is 0.376 e. The van der Waals surface area contributed by atoms with Crippen molar-refractivity contribution in [1.82, 2.24) is 10.2 Å². The third-order valence-corrected chi connectivity index (χ3v) is 2.50. The minimum atomic E-state index is 0.435. The van der Waals surface area contributed by atoms with E-state index >= 15 is 0 Å². The van der Waals surface area contributed by atoms with Crippen LogP contribution >= 0.6 is 12.2 Å². The van der Waals surface area contributed by atoms with Gasteiger partial charge < -0.3 is 16.0 Å². The molecule has 1 fully saturated rings. The molecule has 0 radical (unpaired) electrons. The topological polar surface area (TPSA) is 41.3 Å². The minimum Gasteiger partial charge on any atom is -0.376 e. The molecule has 0 aliphatic carbocycles. The second-order valence-electron chi connectivity index (χ2n) is 3.22. The summed E-state index contributed by atoms with van der Waals surface area (Å²) in [7, 11) is 0. The second kappa shape index (κ2) is 4.62. The summed E-state index contributed by atoms with van der Waals surface area (Å²) in [5.74, 6) is 0. The van der Waals surface area contributed by atoms with E-state index in [9.17, 15) is 0 Å². The Hall–Kier alpha value is -0.350. The van der Waals surface area contributed by atoms with Gasteiger partial charge in [-0.3, -0.25) is 0 Å². The minimum absolute atomic E-state index is 0.435. The van der Waals surface area contributed by atoms with E-state index in [2.05, 4.69) is 17.1 Å². The molecule has 0 spiro atoms. The predicted molar refractivity (Wildman–Crippen MR) is 55.1 cm³/mol. The van der Waals surface area contributed by atoms with Crippen molar-refractivity contribution in [2.24, 2.45) is 5.73 Å². The Morgan fingerprint density at radius 3 is 2.58 bits per heavy atom. The number of thiocarbonyl (C=S) groups is 1. The molecule has 4 heteroatoms. The highest BCUT2D eigenvalue weighted by molar-refractivity contribution is 7.80. The van der Waals surface area contributed by atoms with Gasteiger partial charge in [0.2, 0.25) is 0 Å². The number of rotatable bonds is 2. The van der Waals surface area contributed by atoms with Crippen molar-refractivity contribution < 1.29 is 0 Å². The number of piperidine rings is 1. The zero-order valence-corrected chi connectivity index (χ0v) is 8.36. The molecular weight excluding hydrogens is 170 g/mol. The van der Waals surface area contributed by atoms with Gasteiger partial charge in [0.15, 0.2) is 5.11 Å². The fraction of sp³-hybridized carbons (Fsp3) is 0.875. The van der Waals surface area contributed by atoms with Crippen LogP contribution in [0.2, 0.25) is 0 Å². The molecule has 0 aromatic heterocycles. The van der Waals surface area contributed by atoms with Crippen molar-refractivity contribution >= 4 is 17.3 Å². The first kappa shape index (κ1) is 9.74. The molecule has 70 valence electrons. The van der Waals surface area contributed by atoms with Gasteiger partial charge in [-0.15, -0.1) is 0 Å². The summed E-state index contributed by atoms with van der Waals surface area (Å²) in [5.41, 5.74) is 5.40. The fourth-order valence-corrected chi connectivity index (χ4v) is 1.76. The third kappa shape index (κ3) is 2.95. The highest BCUT2D eigenvalue weighted by atomic mass is 32.1. The van der Waals surface area contributed by atoms with Crippen LogP contribution in [0, 0.1) is 0 Å². The van der Waals surface area contributed by atoms with Gasteiger partial charge >= 0.3 is 0 Å². The van der Waals surface area contributed by atoms with Gasteiger partial charge in [0, 0.05) is 19.1 Å². The van der Waals surface area contributed by atoms with Crippen molar-refractivity contribution in [1.29, 1.82) is 0 Å². The van der Waals surface area contributed by atoms with Crippen molar-refractivity contribution in [3.63, 3.8) is 0 Å². The summed E-state index contributed by atoms with van der Waals surface area (Å²) in [6.07, 6.45) is 2.32. The zero-order valence-electron chi connectivity index (χ0n) is 7.55. The monoisotopic (exact) mass is 187 g/mol. The lowest BCUT2D eigenvalue weighted by molar-refractivity contribution is 0.216. The van der Waals surface area contributed by atoms with Crippen LogP contribution in [0.3, 0.4) is 0 Å². The Morgan fingerprint density at radius 1 is 1.58 bits per heavy atom. The van der Waals surface area contributed by atoms with Gasteiger partial charge in [-0.25, -0.2) is 0 Å². The van der Waals surface area contributed by atoms with Gasteiger partial charge in [0.05, 0.1) is 0 Å². The van der Waals surface area contributed by atoms with Crippen molar-refractivity contribution in [2.75, 3.05) is 19.6 Å². The van der Waals surface area contributed by atoms with Crippen LogP contribution in [0.4, 0.5) is 0 Å². The predicted octanol–water partition coefficient (Wildman–Crippen LogP) is 0.304. The lowest BCUT2D eigenvalue weighted by atomic mass is 10.1. The maximum Gasteiger partial charge on any atom is 0.163 e. The van der Waals surface area contributed by atoms with Crippen LogP contribution in [-0.4, -0.2) is 35.7 Å². The maximum atomic E-state index is 5.40. The Kier molecular flexibility index (Phi) is 3.75. The molecule has 3 nitrogen and oxygen atoms in total. The van der Waals surface area contributed by atoms with Crippen molar-refractivity contribution in [3.8, 4) is 0 Å². The van der Waals surface area contributed by atoms with E-state index in [4.69, 9.17) is 18.0 Å². The number of hydrogen-bond acceptors (Lipinski definition) is 2. The van der Waals surface area contributed by atoms with Crippen LogP contribution in [-0.2, 0) is 0 Å². The van der Waals surface area contributed by atoms with Gasteiger partial charge in [0.25, 0.3) is 0 Å². The molecule has 0 saturated carbocycles. The molecule has 1 aliphatic heterocycles. The van der Waals surface area contributed by atoms with Crippen LogP contribution in [0.15, 0.2) is 0 Å². The summed E-state index contributed by atoms with van der Waals surface area (Å²) >= 11 is 4.79. The van der Waals surface area contributed by atoms with E-state index in [1.54, 1.807) is 0 Å². The summed E-state index contributed by atoms with van der Waals surface area (Å²) in [6.45, 7) is 5.68. The van der Waals surface area contributed by atoms with E-state index in [0.717, 1.165) is 32.5 Å². The van der Waals surface area contributed by atoms with E-state index < -0.39 is 0 Å². The van der Waals surface area contributed by atoms with Gasteiger partial charge in [-0.2, -0.15) is 0 Å². The molecule has 1 aliphatic rings. The normalized spacial score (nSPS) is 20.8. The molecule has 3 N–H and O–H groups in total. The smallest absolute Gasteiger partial charge is 0.163 e. The van der Waals surface area contributed by atoms with E-state index in [1.165, 1.54) is 0 Å². The van der Waals surface area contributed by atoms with E-state index in [-0.39, 0.29) is 0 Å². The zero-order chi connectivity index (χ0) is 8.97. The highest BCUT2D eigenvalue weighted by Gasteiger charge is 2.17. The number of nitrogens with two attached hydrogens (primary N) is 1. The van der Waals surface area contributed by atoms with Gasteiger partial charge in [-0.1, -0.05) is 6.92 Å². The average molecular weight is 187 g/mol. The average Bonchev–Trinajstić information content (AvgIpc) is 2.05. The second-order valence-corrected chi connectivity index (χ2v) is 3.66. The summed E-state index contributed by atoms with van der Waals surface area (Å²) in [6, 6.07) is 0.505. The lowest BCUT2D eigenvalue weighted by Gasteiger charge is -2.31. The molecule has 12 heavy (non-hydrogen) atoms. The lowest BCUT2D eigenvalue weighted by Crippen LogP contribution is -2.46. The third-order valence-electron chi connectivity index (χ3n) is 2.38. The first-order valence-electron chi connectivity index (χ1n) is 4.50. The quantitative estimate of drug-likeness (QED) is 0.610. The maximum absolute atomic E-state index is 5.40. The Labute approximate surface area is 79.3 Å². The molecule has 0 atom stereocenters. The van der Waals surface area contributed by atoms with Gasteiger partial charge in [0.1, 0.15) is 0 Å². The molecule has 1 heterocycles. The first-order valence-corrected chi connectivity index (χ1v) is 4.91. The van der Waals surface area contributed by atoms with E-state index in [0.29, 0.717) is 11.2 Å². The number of likely N-dealkylation sites (tertiary alicyclic amines) is 1. The number of hydrogen-bond donors (Lipinski definition) is 2. The van der Waals surface area contributed by atoms with Crippen LogP contribution in [0.5, 0.6) is 0 Å². The Morgan fingerprint density at radius 2 is 2.17 bits per heavy atom. The molecule has 1 saturated heterocycles. The van der Waals surface area contributed by atoms with Gasteiger partial charge in [-0.05, 0) is 31.6 Å². The molecule has 1 rings (SSSR count). The first-order chi connectivity index (χ1) is 5.72. The molecule has 0 amide bonds. The van der Waals surface area contributed by atoms with Crippen LogP contribution in [0.1, 0.15) is 19.8 Å². The van der Waals surface area contributed by atoms with Crippen molar-refractivity contribution in [2.45, 2.75) is 25.8 Å². The number of nitrogens with zero attached hydrogens (tertiary/aromatic N) is 1. The highest BCUT2D eigenvalue weighted by Crippen LogP contribution is 2.08. The molecule has 0 unspecified atom stereocenters. The Balaban J connectivity index is 2.21. The fourth-order valence-electron chi connectivity index (χ4n) is 1.59. The molecular formula is C8H17N3S. The summed E-state index contributed by atoms with van der Waals surface area (Å²) in [5, 5.41) is 3.54. The Bertz CT molecular complexity index is 152. The molecule has 0 aromatic rings. The molecule has 0 aromatic carbocycles. The van der Waals surface area contributed by atoms with Crippen molar-refractivity contribution in [3.05, 3.63) is 0 Å². The SMILES string of the molecule is CCN1CCC(NC(N)=S)CC1. The number of nitrogens with one attached hydrogen (secondary N) is 1. The van der Waals surface area contributed by atoms with Crippen LogP contribution < -0.4 is 11.1 Å².